The standard InChI is InChI=1S/C15H23N3O4/c1-11-8-12(10-13(9-11)18(20)21)16-6-5-7-17-14(19)22-15(2,3)4/h8-10,16H,5-7H2,1-4H3,(H,17,19). The van der Waals surface area contributed by atoms with Gasteiger partial charge in [-0.05, 0) is 45.7 Å². The summed E-state index contributed by atoms with van der Waals surface area (Å²) in [6.45, 7) is 8.28. The monoisotopic (exact) mass is 309 g/mol. The minimum atomic E-state index is -0.511. The number of ether oxygens (including phenoxy) is 1. The number of hydrogen-bond acceptors (Lipinski definition) is 5. The molecule has 122 valence electrons. The summed E-state index contributed by atoms with van der Waals surface area (Å²) in [5.74, 6) is 0. The average Bonchev–Trinajstić information content (AvgIpc) is 2.35. The van der Waals surface area contributed by atoms with E-state index >= 15 is 0 Å². The number of nitrogens with one attached hydrogen (secondary N) is 2. The number of aryl methyl sites for hydroxylation is 1. The summed E-state index contributed by atoms with van der Waals surface area (Å²) in [6.07, 6.45) is 0.236. The van der Waals surface area contributed by atoms with Crippen LogP contribution in [0.1, 0.15) is 32.8 Å². The third kappa shape index (κ3) is 6.92. The molecule has 0 aliphatic rings. The van der Waals surface area contributed by atoms with Gasteiger partial charge in [-0.3, -0.25) is 10.1 Å². The minimum Gasteiger partial charge on any atom is -0.444 e. The average molecular weight is 309 g/mol. The normalized spacial score (nSPS) is 10.9. The highest BCUT2D eigenvalue weighted by Gasteiger charge is 2.15. The molecule has 0 saturated heterocycles. The summed E-state index contributed by atoms with van der Waals surface area (Å²) in [6, 6.07) is 4.86. The minimum absolute atomic E-state index is 0.0642. The molecule has 0 unspecified atom stereocenters. The number of nitrogens with zero attached hydrogens (tertiary/aromatic N) is 1. The maximum atomic E-state index is 11.4. The zero-order valence-electron chi connectivity index (χ0n) is 13.4. The van der Waals surface area contributed by atoms with Crippen LogP contribution in [-0.4, -0.2) is 29.7 Å². The van der Waals surface area contributed by atoms with Gasteiger partial charge >= 0.3 is 6.09 Å². The van der Waals surface area contributed by atoms with Crippen molar-refractivity contribution in [2.24, 2.45) is 0 Å². The number of hydrogen-bond donors (Lipinski definition) is 2. The van der Waals surface area contributed by atoms with Crippen LogP contribution in [0.15, 0.2) is 18.2 Å². The summed E-state index contributed by atoms with van der Waals surface area (Å²) in [5.41, 5.74) is 1.07. The van der Waals surface area contributed by atoms with Gasteiger partial charge < -0.3 is 15.4 Å². The molecule has 2 N–H and O–H groups in total. The van der Waals surface area contributed by atoms with Crippen LogP contribution in [0.25, 0.3) is 0 Å². The maximum Gasteiger partial charge on any atom is 0.407 e. The molecule has 1 aromatic rings. The molecule has 0 aliphatic heterocycles. The Hall–Kier alpha value is -2.31. The van der Waals surface area contributed by atoms with Gasteiger partial charge in [-0.15, -0.1) is 0 Å². The molecule has 0 bridgehead atoms. The Morgan fingerprint density at radius 3 is 2.55 bits per heavy atom. The topological polar surface area (TPSA) is 93.5 Å². The number of nitro benzene ring substituents is 1. The molecular weight excluding hydrogens is 286 g/mol. The van der Waals surface area contributed by atoms with E-state index in [-0.39, 0.29) is 5.69 Å². The van der Waals surface area contributed by atoms with Crippen molar-refractivity contribution in [3.63, 3.8) is 0 Å². The first-order valence-corrected chi connectivity index (χ1v) is 7.14. The molecule has 1 aromatic carbocycles. The van der Waals surface area contributed by atoms with Gasteiger partial charge in [0, 0.05) is 30.9 Å². The second-order valence-corrected chi connectivity index (χ2v) is 6.02. The summed E-state index contributed by atoms with van der Waals surface area (Å²) in [4.78, 5) is 21.8. The lowest BCUT2D eigenvalue weighted by Gasteiger charge is -2.19. The number of carbonyl (C=O) groups excluding carboxylic acids is 1. The Morgan fingerprint density at radius 2 is 1.95 bits per heavy atom. The number of alkyl carbamates (subject to hydrolysis) is 1. The van der Waals surface area contributed by atoms with Crippen LogP contribution in [0, 0.1) is 17.0 Å². The van der Waals surface area contributed by atoms with Crippen LogP contribution in [0.2, 0.25) is 0 Å². The summed E-state index contributed by atoms with van der Waals surface area (Å²) in [5, 5.41) is 16.6. The number of non-ortho nitro benzene ring substituents is 1. The van der Waals surface area contributed by atoms with E-state index in [1.54, 1.807) is 20.8 Å². The van der Waals surface area contributed by atoms with Crippen LogP contribution in [-0.2, 0) is 4.74 Å². The van der Waals surface area contributed by atoms with Crippen LogP contribution in [0.4, 0.5) is 16.2 Å². The molecule has 0 fully saturated rings. The van der Waals surface area contributed by atoms with Crippen molar-refractivity contribution in [2.75, 3.05) is 18.4 Å². The molecule has 0 atom stereocenters. The van der Waals surface area contributed by atoms with Crippen molar-refractivity contribution < 1.29 is 14.5 Å². The van der Waals surface area contributed by atoms with Crippen LogP contribution < -0.4 is 10.6 Å². The molecule has 0 spiro atoms. The van der Waals surface area contributed by atoms with Crippen molar-refractivity contribution in [3.8, 4) is 0 Å². The van der Waals surface area contributed by atoms with E-state index in [1.807, 2.05) is 13.0 Å². The van der Waals surface area contributed by atoms with Gasteiger partial charge in [0.2, 0.25) is 0 Å². The third-order valence-electron chi connectivity index (χ3n) is 2.62. The lowest BCUT2D eigenvalue weighted by molar-refractivity contribution is -0.384. The third-order valence-corrected chi connectivity index (χ3v) is 2.62. The van der Waals surface area contributed by atoms with Crippen LogP contribution >= 0.6 is 0 Å². The molecule has 0 heterocycles. The number of carbonyl (C=O) groups is 1. The van der Waals surface area contributed by atoms with Crippen LogP contribution in [0.3, 0.4) is 0 Å². The van der Waals surface area contributed by atoms with E-state index in [4.69, 9.17) is 4.74 Å². The second-order valence-electron chi connectivity index (χ2n) is 6.02. The molecule has 1 amide bonds. The maximum absolute atomic E-state index is 11.4. The van der Waals surface area contributed by atoms with Crippen molar-refractivity contribution >= 4 is 17.5 Å². The number of anilines is 1. The molecular formula is C15H23N3O4. The first-order valence-electron chi connectivity index (χ1n) is 7.14. The molecule has 0 aromatic heterocycles. The van der Waals surface area contributed by atoms with E-state index in [9.17, 15) is 14.9 Å². The zero-order chi connectivity index (χ0) is 16.8. The number of amides is 1. The van der Waals surface area contributed by atoms with Crippen LogP contribution in [0.5, 0.6) is 0 Å². The molecule has 22 heavy (non-hydrogen) atoms. The quantitative estimate of drug-likeness (QED) is 0.478. The van der Waals surface area contributed by atoms with Gasteiger partial charge in [0.1, 0.15) is 5.60 Å². The molecule has 0 radical (unpaired) electrons. The Balaban J connectivity index is 2.33. The second kappa shape index (κ2) is 7.63. The van der Waals surface area contributed by atoms with E-state index in [1.165, 1.54) is 12.1 Å². The smallest absolute Gasteiger partial charge is 0.407 e. The predicted molar refractivity (Wildman–Crippen MR) is 85.2 cm³/mol. The van der Waals surface area contributed by atoms with Gasteiger partial charge in [0.05, 0.1) is 4.92 Å². The Kier molecular flexibility index (Phi) is 6.15. The van der Waals surface area contributed by atoms with E-state index in [0.29, 0.717) is 25.2 Å². The van der Waals surface area contributed by atoms with Gasteiger partial charge in [0.15, 0.2) is 0 Å². The molecule has 0 aliphatic carbocycles. The molecule has 1 rings (SSSR count). The fourth-order valence-electron chi connectivity index (χ4n) is 1.80. The zero-order valence-corrected chi connectivity index (χ0v) is 13.4. The summed E-state index contributed by atoms with van der Waals surface area (Å²) >= 11 is 0. The fraction of sp³-hybridized carbons (Fsp3) is 0.533. The fourth-order valence-corrected chi connectivity index (χ4v) is 1.80. The SMILES string of the molecule is Cc1cc(NCCCNC(=O)OC(C)(C)C)cc([N+](=O)[O-])c1. The molecule has 7 nitrogen and oxygen atoms in total. The highest BCUT2D eigenvalue weighted by atomic mass is 16.6. The van der Waals surface area contributed by atoms with E-state index in [0.717, 1.165) is 5.56 Å². The summed E-state index contributed by atoms with van der Waals surface area (Å²) < 4.78 is 5.11. The Morgan fingerprint density at radius 1 is 1.27 bits per heavy atom. The summed E-state index contributed by atoms with van der Waals surface area (Å²) in [7, 11) is 0. The van der Waals surface area contributed by atoms with Gasteiger partial charge in [-0.1, -0.05) is 0 Å². The van der Waals surface area contributed by atoms with E-state index < -0.39 is 16.6 Å². The number of nitro groups is 1. The van der Waals surface area contributed by atoms with Gasteiger partial charge in [-0.2, -0.15) is 0 Å². The highest BCUT2D eigenvalue weighted by Crippen LogP contribution is 2.20. The van der Waals surface area contributed by atoms with Gasteiger partial charge in [-0.25, -0.2) is 4.79 Å². The molecule has 0 saturated carbocycles. The van der Waals surface area contributed by atoms with Gasteiger partial charge in [0.25, 0.3) is 5.69 Å². The van der Waals surface area contributed by atoms with Crippen molar-refractivity contribution in [3.05, 3.63) is 33.9 Å². The number of benzene rings is 1. The molecule has 7 heteroatoms. The largest absolute Gasteiger partial charge is 0.444 e. The lowest BCUT2D eigenvalue weighted by Crippen LogP contribution is -2.33. The Bertz CT molecular complexity index is 538. The highest BCUT2D eigenvalue weighted by molar-refractivity contribution is 5.67. The Labute approximate surface area is 130 Å². The van der Waals surface area contributed by atoms with Crippen molar-refractivity contribution in [1.29, 1.82) is 0 Å². The predicted octanol–water partition coefficient (Wildman–Crippen LogP) is 3.23. The van der Waals surface area contributed by atoms with E-state index in [2.05, 4.69) is 10.6 Å². The van der Waals surface area contributed by atoms with Crippen molar-refractivity contribution in [2.45, 2.75) is 39.7 Å². The van der Waals surface area contributed by atoms with Crippen molar-refractivity contribution in [1.82, 2.24) is 5.32 Å². The number of rotatable bonds is 6. The first-order chi connectivity index (χ1) is 10.2. The lowest BCUT2D eigenvalue weighted by atomic mass is 10.2. The first kappa shape index (κ1) is 17.7.